The number of halogens is 4. The van der Waals surface area contributed by atoms with Gasteiger partial charge in [0.25, 0.3) is 0 Å². The number of rotatable bonds is 5. The molecule has 0 aliphatic rings. The van der Waals surface area contributed by atoms with Crippen molar-refractivity contribution in [3.8, 4) is 11.3 Å². The molecule has 0 spiro atoms. The van der Waals surface area contributed by atoms with Crippen molar-refractivity contribution in [2.45, 2.75) is 11.2 Å². The van der Waals surface area contributed by atoms with E-state index in [2.05, 4.69) is 21.3 Å². The minimum absolute atomic E-state index is 0.188. The van der Waals surface area contributed by atoms with E-state index in [-0.39, 0.29) is 11.5 Å². The number of anilines is 1. The monoisotopic (exact) mass is 391 g/mol. The molecule has 2 aromatic heterocycles. The average molecular weight is 391 g/mol. The fourth-order valence-corrected chi connectivity index (χ4v) is 2.99. The van der Waals surface area contributed by atoms with Crippen molar-refractivity contribution in [1.29, 1.82) is 0 Å². The number of aromatic nitrogens is 2. The Morgan fingerprint density at radius 2 is 1.74 bits per heavy atom. The van der Waals surface area contributed by atoms with Crippen LogP contribution in [0.15, 0.2) is 66.2 Å². The molecular weight excluding hydrogens is 378 g/mol. The number of pyridine rings is 2. The molecule has 0 atom stereocenters. The van der Waals surface area contributed by atoms with Gasteiger partial charge in [0.05, 0.1) is 11.3 Å². The highest BCUT2D eigenvalue weighted by atomic mass is 32.2. The second kappa shape index (κ2) is 7.79. The number of benzene rings is 1. The van der Waals surface area contributed by atoms with E-state index < -0.39 is 17.7 Å². The van der Waals surface area contributed by atoms with Crippen LogP contribution in [0.5, 0.6) is 0 Å². The van der Waals surface area contributed by atoms with E-state index in [9.17, 15) is 17.6 Å². The summed E-state index contributed by atoms with van der Waals surface area (Å²) in [5.41, 5.74) is -0.212. The van der Waals surface area contributed by atoms with Gasteiger partial charge in [-0.05, 0) is 29.8 Å². The average Bonchev–Trinajstić information content (AvgIpc) is 2.65. The Morgan fingerprint density at radius 3 is 2.44 bits per heavy atom. The summed E-state index contributed by atoms with van der Waals surface area (Å²) in [6, 6.07) is 13.0. The molecule has 0 bridgehead atoms. The molecule has 3 nitrogen and oxygen atoms in total. The zero-order chi connectivity index (χ0) is 19.4. The van der Waals surface area contributed by atoms with Gasteiger partial charge >= 0.3 is 6.18 Å². The van der Waals surface area contributed by atoms with Gasteiger partial charge < -0.3 is 4.72 Å². The first-order valence-electron chi connectivity index (χ1n) is 7.74. The normalized spacial score (nSPS) is 11.3. The minimum Gasteiger partial charge on any atom is -0.309 e. The van der Waals surface area contributed by atoms with Gasteiger partial charge in [0.15, 0.2) is 0 Å². The number of hydrogen-bond acceptors (Lipinski definition) is 4. The fourth-order valence-electron chi connectivity index (χ4n) is 2.39. The van der Waals surface area contributed by atoms with Crippen LogP contribution in [0, 0.1) is 5.95 Å². The van der Waals surface area contributed by atoms with Gasteiger partial charge in [0.1, 0.15) is 10.8 Å². The van der Waals surface area contributed by atoms with Gasteiger partial charge in [-0.25, -0.2) is 9.97 Å². The lowest BCUT2D eigenvalue weighted by Crippen LogP contribution is -2.09. The third-order valence-electron chi connectivity index (χ3n) is 3.59. The first-order chi connectivity index (χ1) is 12.9. The van der Waals surface area contributed by atoms with Crippen molar-refractivity contribution in [2.24, 2.45) is 0 Å². The van der Waals surface area contributed by atoms with Gasteiger partial charge in [-0.15, -0.1) is 0 Å². The molecule has 3 rings (SSSR count). The molecule has 0 amide bonds. The molecular formula is C19H13F4N3S. The van der Waals surface area contributed by atoms with Crippen LogP contribution in [0.3, 0.4) is 0 Å². The highest BCUT2D eigenvalue weighted by Crippen LogP contribution is 2.38. The van der Waals surface area contributed by atoms with E-state index >= 15 is 0 Å². The van der Waals surface area contributed by atoms with Crippen molar-refractivity contribution >= 4 is 23.8 Å². The standard InChI is InChI=1S/C19H13F4N3S/c1-2-12-6-3-4-7-13(12)18-14(19(21,22)23)10-11-16(25-18)26-27-17-9-5-8-15(20)24-17/h2-11H,1H2,(H,25,26). The van der Waals surface area contributed by atoms with Crippen LogP contribution in [0.25, 0.3) is 17.3 Å². The Bertz CT molecular complexity index is 973. The molecule has 0 aliphatic heterocycles. The zero-order valence-electron chi connectivity index (χ0n) is 13.8. The van der Waals surface area contributed by atoms with Crippen molar-refractivity contribution in [3.63, 3.8) is 0 Å². The molecule has 1 N–H and O–H groups in total. The second-order valence-corrected chi connectivity index (χ2v) is 6.21. The molecule has 0 saturated carbocycles. The molecule has 0 unspecified atom stereocenters. The van der Waals surface area contributed by atoms with Crippen LogP contribution in [0.4, 0.5) is 23.4 Å². The smallest absolute Gasteiger partial charge is 0.309 e. The lowest BCUT2D eigenvalue weighted by Gasteiger charge is -2.15. The quantitative estimate of drug-likeness (QED) is 0.326. The van der Waals surface area contributed by atoms with Crippen molar-refractivity contribution in [3.05, 3.63) is 78.3 Å². The van der Waals surface area contributed by atoms with E-state index in [0.29, 0.717) is 16.2 Å². The summed E-state index contributed by atoms with van der Waals surface area (Å²) in [4.78, 5) is 7.80. The van der Waals surface area contributed by atoms with E-state index in [1.807, 2.05) is 0 Å². The number of hydrogen-bond donors (Lipinski definition) is 1. The highest BCUT2D eigenvalue weighted by Gasteiger charge is 2.35. The first-order valence-corrected chi connectivity index (χ1v) is 8.55. The predicted molar refractivity (Wildman–Crippen MR) is 98.4 cm³/mol. The van der Waals surface area contributed by atoms with Gasteiger partial charge in [0.2, 0.25) is 5.95 Å². The SMILES string of the molecule is C=Cc1ccccc1-c1nc(NSc2cccc(F)n2)ccc1C(F)(F)F. The Kier molecular flexibility index (Phi) is 5.46. The molecule has 1 aromatic carbocycles. The maximum Gasteiger partial charge on any atom is 0.418 e. The summed E-state index contributed by atoms with van der Waals surface area (Å²) >= 11 is 0.950. The van der Waals surface area contributed by atoms with E-state index in [4.69, 9.17) is 0 Å². The lowest BCUT2D eigenvalue weighted by molar-refractivity contribution is -0.137. The molecule has 27 heavy (non-hydrogen) atoms. The largest absolute Gasteiger partial charge is 0.418 e. The third-order valence-corrected chi connectivity index (χ3v) is 4.33. The van der Waals surface area contributed by atoms with Gasteiger partial charge in [-0.3, -0.25) is 0 Å². The molecule has 3 aromatic rings. The van der Waals surface area contributed by atoms with E-state index in [1.165, 1.54) is 24.3 Å². The molecule has 0 radical (unpaired) electrons. The Morgan fingerprint density at radius 1 is 0.963 bits per heavy atom. The maximum atomic E-state index is 13.5. The third kappa shape index (κ3) is 4.46. The summed E-state index contributed by atoms with van der Waals surface area (Å²) in [7, 11) is 0. The zero-order valence-corrected chi connectivity index (χ0v) is 14.6. The van der Waals surface area contributed by atoms with Crippen molar-refractivity contribution in [2.75, 3.05) is 4.72 Å². The Hall–Kier alpha value is -2.87. The highest BCUT2D eigenvalue weighted by molar-refractivity contribution is 8.00. The van der Waals surface area contributed by atoms with Crippen LogP contribution in [0.1, 0.15) is 11.1 Å². The minimum atomic E-state index is -4.56. The van der Waals surface area contributed by atoms with Crippen LogP contribution in [-0.4, -0.2) is 9.97 Å². The molecule has 138 valence electrons. The number of nitrogens with one attached hydrogen (secondary N) is 1. The summed E-state index contributed by atoms with van der Waals surface area (Å²) in [6.45, 7) is 3.64. The second-order valence-electron chi connectivity index (χ2n) is 5.38. The molecule has 8 heteroatoms. The first kappa shape index (κ1) is 18.9. The van der Waals surface area contributed by atoms with Gasteiger partial charge in [-0.1, -0.05) is 43.0 Å². The van der Waals surface area contributed by atoms with Gasteiger partial charge in [-0.2, -0.15) is 17.6 Å². The van der Waals surface area contributed by atoms with Crippen LogP contribution >= 0.6 is 11.9 Å². The summed E-state index contributed by atoms with van der Waals surface area (Å²) < 4.78 is 56.3. The molecule has 0 saturated heterocycles. The molecule has 0 fully saturated rings. The van der Waals surface area contributed by atoms with Crippen LogP contribution in [-0.2, 0) is 6.18 Å². The van der Waals surface area contributed by atoms with Crippen LogP contribution < -0.4 is 4.72 Å². The maximum absolute atomic E-state index is 13.5. The summed E-state index contributed by atoms with van der Waals surface area (Å²) in [6.07, 6.45) is -3.09. The van der Waals surface area contributed by atoms with Crippen molar-refractivity contribution in [1.82, 2.24) is 9.97 Å². The topological polar surface area (TPSA) is 37.8 Å². The van der Waals surface area contributed by atoms with E-state index in [1.54, 1.807) is 30.3 Å². The lowest BCUT2D eigenvalue weighted by atomic mass is 10.00. The van der Waals surface area contributed by atoms with Gasteiger partial charge in [0, 0.05) is 17.5 Å². The fraction of sp³-hybridized carbons (Fsp3) is 0.0526. The number of nitrogens with zero attached hydrogens (tertiary/aromatic N) is 2. The summed E-state index contributed by atoms with van der Waals surface area (Å²) in [5.74, 6) is -0.462. The van der Waals surface area contributed by atoms with Crippen LogP contribution in [0.2, 0.25) is 0 Å². The Balaban J connectivity index is 1.99. The van der Waals surface area contributed by atoms with E-state index in [0.717, 1.165) is 18.0 Å². The van der Waals surface area contributed by atoms with Crippen molar-refractivity contribution < 1.29 is 17.6 Å². The summed E-state index contributed by atoms with van der Waals surface area (Å²) in [5, 5.41) is 0.324. The number of alkyl halides is 3. The molecule has 0 aliphatic carbocycles. The molecule has 2 heterocycles. The predicted octanol–water partition coefficient (Wildman–Crippen LogP) is 6.06. The Labute approximate surface area is 157 Å².